The zero-order valence-electron chi connectivity index (χ0n) is 17.5. The van der Waals surface area contributed by atoms with Crippen molar-refractivity contribution in [1.82, 2.24) is 19.0 Å². The Kier molecular flexibility index (Phi) is 5.54. The summed E-state index contributed by atoms with van der Waals surface area (Å²) in [5.41, 5.74) is 1.51. The van der Waals surface area contributed by atoms with E-state index in [1.807, 2.05) is 31.3 Å². The number of hydrogen-bond acceptors (Lipinski definition) is 5. The molecule has 1 aromatic heterocycles. The number of ether oxygens (including phenoxy) is 1. The molecule has 7 nitrogen and oxygen atoms in total. The van der Waals surface area contributed by atoms with Crippen molar-refractivity contribution in [2.75, 3.05) is 34.3 Å². The van der Waals surface area contributed by atoms with Crippen molar-refractivity contribution in [3.05, 3.63) is 42.2 Å². The molecule has 4 rings (SSSR count). The first-order valence-electron chi connectivity index (χ1n) is 10.1. The third kappa shape index (κ3) is 3.74. The molecule has 2 aliphatic rings. The molecule has 0 amide bonds. The highest BCUT2D eigenvalue weighted by molar-refractivity contribution is 7.89. The van der Waals surface area contributed by atoms with E-state index in [1.165, 1.54) is 0 Å². The van der Waals surface area contributed by atoms with Crippen LogP contribution in [0.5, 0.6) is 0 Å². The predicted octanol–water partition coefficient (Wildman–Crippen LogP) is 2.16. The number of likely N-dealkylation sites (N-methyl/N-ethyl adjacent to an activating group) is 1. The molecule has 1 aliphatic carbocycles. The molecule has 2 aromatic rings. The molecular weight excluding hydrogens is 388 g/mol. The lowest BCUT2D eigenvalue weighted by Crippen LogP contribution is -2.47. The van der Waals surface area contributed by atoms with Crippen LogP contribution in [0.2, 0.25) is 0 Å². The number of fused-ring (bicyclic) bond motifs is 1. The van der Waals surface area contributed by atoms with Crippen LogP contribution < -0.4 is 0 Å². The zero-order valence-corrected chi connectivity index (χ0v) is 18.3. The molecule has 0 spiro atoms. The molecule has 0 bridgehead atoms. The van der Waals surface area contributed by atoms with Crippen LogP contribution in [-0.4, -0.2) is 73.8 Å². The van der Waals surface area contributed by atoms with Crippen LogP contribution >= 0.6 is 0 Å². The van der Waals surface area contributed by atoms with Gasteiger partial charge in [-0.25, -0.2) is 13.1 Å². The number of sulfonamides is 1. The molecule has 1 saturated heterocycles. The lowest BCUT2D eigenvalue weighted by atomic mass is 9.77. The molecule has 1 saturated carbocycles. The maximum atomic E-state index is 13.5. The molecule has 4 atom stereocenters. The average Bonchev–Trinajstić information content (AvgIpc) is 3.36. The zero-order chi connectivity index (χ0) is 20.8. The van der Waals surface area contributed by atoms with Gasteiger partial charge in [-0.3, -0.25) is 0 Å². The van der Waals surface area contributed by atoms with Crippen LogP contribution in [0.1, 0.15) is 18.4 Å². The maximum absolute atomic E-state index is 13.5. The van der Waals surface area contributed by atoms with Gasteiger partial charge >= 0.3 is 0 Å². The second kappa shape index (κ2) is 7.83. The largest absolute Gasteiger partial charge is 0.380 e. The summed E-state index contributed by atoms with van der Waals surface area (Å²) < 4.78 is 36.2. The molecule has 1 aliphatic heterocycles. The van der Waals surface area contributed by atoms with Crippen LogP contribution in [0.4, 0.5) is 0 Å². The minimum atomic E-state index is -3.57. The number of rotatable bonds is 5. The van der Waals surface area contributed by atoms with Gasteiger partial charge in [0.05, 0.1) is 16.7 Å². The Balaban J connectivity index is 1.60. The SMILES string of the molecule is CO[C@@H]1C[C@H]2CN(S(=O)(=O)c3cc(-n4cccn4)ccc3C)C[C@H]2C[C@H]1N(C)C. The minimum Gasteiger partial charge on any atom is -0.380 e. The summed E-state index contributed by atoms with van der Waals surface area (Å²) in [6, 6.07) is 7.65. The molecule has 0 radical (unpaired) electrons. The van der Waals surface area contributed by atoms with Crippen molar-refractivity contribution in [3.63, 3.8) is 0 Å². The van der Waals surface area contributed by atoms with Crippen molar-refractivity contribution < 1.29 is 13.2 Å². The van der Waals surface area contributed by atoms with Gasteiger partial charge in [-0.1, -0.05) is 6.07 Å². The van der Waals surface area contributed by atoms with E-state index < -0.39 is 10.0 Å². The van der Waals surface area contributed by atoms with Gasteiger partial charge in [-0.05, 0) is 69.5 Å². The number of benzene rings is 1. The third-order valence-electron chi connectivity index (χ3n) is 6.58. The Labute approximate surface area is 173 Å². The van der Waals surface area contributed by atoms with Crippen LogP contribution in [-0.2, 0) is 14.8 Å². The second-order valence-electron chi connectivity index (χ2n) is 8.52. The summed E-state index contributed by atoms with van der Waals surface area (Å²) in [7, 11) is 2.34. The van der Waals surface area contributed by atoms with Crippen molar-refractivity contribution in [3.8, 4) is 5.69 Å². The van der Waals surface area contributed by atoms with Gasteiger partial charge in [-0.15, -0.1) is 0 Å². The summed E-state index contributed by atoms with van der Waals surface area (Å²) in [5.74, 6) is 0.721. The summed E-state index contributed by atoms with van der Waals surface area (Å²) in [4.78, 5) is 2.58. The number of methoxy groups -OCH3 is 1. The van der Waals surface area contributed by atoms with E-state index in [9.17, 15) is 8.42 Å². The van der Waals surface area contributed by atoms with Gasteiger partial charge in [0.25, 0.3) is 0 Å². The van der Waals surface area contributed by atoms with E-state index >= 15 is 0 Å². The van der Waals surface area contributed by atoms with Crippen LogP contribution in [0, 0.1) is 18.8 Å². The molecule has 8 heteroatoms. The van der Waals surface area contributed by atoms with E-state index in [2.05, 4.69) is 24.1 Å². The van der Waals surface area contributed by atoms with Crippen LogP contribution in [0.15, 0.2) is 41.6 Å². The van der Waals surface area contributed by atoms with Gasteiger partial charge in [0.15, 0.2) is 0 Å². The average molecular weight is 419 g/mol. The number of hydrogen-bond donors (Lipinski definition) is 0. The third-order valence-corrected chi connectivity index (χ3v) is 8.55. The first-order valence-corrected chi connectivity index (χ1v) is 11.5. The summed E-state index contributed by atoms with van der Waals surface area (Å²) in [5, 5.41) is 4.23. The standard InChI is InChI=1S/C21H30N4O3S/c1-15-6-7-18(25-9-5-8-22-25)12-21(15)29(26,27)24-13-16-10-19(23(2)3)20(28-4)11-17(16)14-24/h5-9,12,16-17,19-20H,10-11,13-14H2,1-4H3/t16-,17+,19-,20-/m1/s1. The van der Waals surface area contributed by atoms with Gasteiger partial charge in [0, 0.05) is 38.6 Å². The Hall–Kier alpha value is -1.74. The quantitative estimate of drug-likeness (QED) is 0.744. The van der Waals surface area contributed by atoms with E-state index in [0.717, 1.165) is 24.1 Å². The fourth-order valence-electron chi connectivity index (χ4n) is 4.91. The number of aryl methyl sites for hydroxylation is 1. The molecule has 0 unspecified atom stereocenters. The summed E-state index contributed by atoms with van der Waals surface area (Å²) in [6.07, 6.45) is 5.53. The van der Waals surface area contributed by atoms with Crippen molar-refractivity contribution >= 4 is 10.0 Å². The Morgan fingerprint density at radius 3 is 2.52 bits per heavy atom. The molecule has 2 fully saturated rings. The molecular formula is C21H30N4O3S. The van der Waals surface area contributed by atoms with Crippen molar-refractivity contribution in [1.29, 1.82) is 0 Å². The number of nitrogens with zero attached hydrogens (tertiary/aromatic N) is 4. The topological polar surface area (TPSA) is 67.7 Å². The highest BCUT2D eigenvalue weighted by Gasteiger charge is 2.46. The van der Waals surface area contributed by atoms with E-state index in [1.54, 1.807) is 28.4 Å². The Bertz CT molecular complexity index is 958. The summed E-state index contributed by atoms with van der Waals surface area (Å²) >= 11 is 0. The molecule has 2 heterocycles. The molecule has 1 aromatic carbocycles. The normalized spacial score (nSPS) is 28.0. The second-order valence-corrected chi connectivity index (χ2v) is 10.4. The van der Waals surface area contributed by atoms with Gasteiger partial charge in [0.2, 0.25) is 10.0 Å². The minimum absolute atomic E-state index is 0.152. The fraction of sp³-hybridized carbons (Fsp3) is 0.571. The first-order chi connectivity index (χ1) is 13.8. The highest BCUT2D eigenvalue weighted by Crippen LogP contribution is 2.41. The molecule has 158 valence electrons. The highest BCUT2D eigenvalue weighted by atomic mass is 32.2. The monoisotopic (exact) mass is 418 g/mol. The van der Waals surface area contributed by atoms with Crippen LogP contribution in [0.3, 0.4) is 0 Å². The van der Waals surface area contributed by atoms with E-state index in [0.29, 0.717) is 35.9 Å². The predicted molar refractivity (Wildman–Crippen MR) is 112 cm³/mol. The number of aromatic nitrogens is 2. The van der Waals surface area contributed by atoms with E-state index in [4.69, 9.17) is 4.74 Å². The Morgan fingerprint density at radius 2 is 1.90 bits per heavy atom. The maximum Gasteiger partial charge on any atom is 0.243 e. The molecule has 29 heavy (non-hydrogen) atoms. The van der Waals surface area contributed by atoms with Gasteiger partial charge in [-0.2, -0.15) is 9.40 Å². The molecule has 0 N–H and O–H groups in total. The van der Waals surface area contributed by atoms with Crippen molar-refractivity contribution in [2.24, 2.45) is 11.8 Å². The van der Waals surface area contributed by atoms with E-state index in [-0.39, 0.29) is 6.10 Å². The van der Waals surface area contributed by atoms with Gasteiger partial charge < -0.3 is 9.64 Å². The first kappa shape index (κ1) is 20.5. The lowest BCUT2D eigenvalue weighted by Gasteiger charge is -2.40. The lowest BCUT2D eigenvalue weighted by molar-refractivity contribution is -0.0209. The van der Waals surface area contributed by atoms with Crippen LogP contribution in [0.25, 0.3) is 5.69 Å². The smallest absolute Gasteiger partial charge is 0.243 e. The van der Waals surface area contributed by atoms with Gasteiger partial charge in [0.1, 0.15) is 0 Å². The van der Waals surface area contributed by atoms with Crippen molar-refractivity contribution in [2.45, 2.75) is 36.8 Å². The Morgan fingerprint density at radius 1 is 1.17 bits per heavy atom. The summed E-state index contributed by atoms with van der Waals surface area (Å²) in [6.45, 7) is 3.00. The fourth-order valence-corrected chi connectivity index (χ4v) is 6.71.